The van der Waals surface area contributed by atoms with Gasteiger partial charge in [-0.1, -0.05) is 11.6 Å². The van der Waals surface area contributed by atoms with Crippen LogP contribution in [0.3, 0.4) is 0 Å². The summed E-state index contributed by atoms with van der Waals surface area (Å²) in [4.78, 5) is 6.45. The maximum absolute atomic E-state index is 5.86. The lowest BCUT2D eigenvalue weighted by Crippen LogP contribution is -2.67. The molecule has 5 heterocycles. The van der Waals surface area contributed by atoms with E-state index in [2.05, 4.69) is 25.4 Å². The number of H-pyrrole nitrogens is 1. The fraction of sp³-hybridized carbons (Fsp3) is 0.455. The Morgan fingerprint density at radius 1 is 1.35 bits per heavy atom. The zero-order valence-corrected chi connectivity index (χ0v) is 9.91. The largest absolute Gasteiger partial charge is 0.351 e. The van der Waals surface area contributed by atoms with E-state index in [0.717, 1.165) is 29.8 Å². The zero-order valence-electron chi connectivity index (χ0n) is 9.15. The Kier molecular flexibility index (Phi) is 1.90. The SMILES string of the molecule is Clc1cc2[nH]nc(N3CC4CC(C3)N4)c2cn1. The molecule has 2 bridgehead atoms. The molecule has 0 radical (unpaired) electrons. The summed E-state index contributed by atoms with van der Waals surface area (Å²) in [5.41, 5.74) is 0.951. The van der Waals surface area contributed by atoms with Crippen LogP contribution in [0.5, 0.6) is 0 Å². The van der Waals surface area contributed by atoms with Gasteiger partial charge in [0.05, 0.1) is 10.9 Å². The summed E-state index contributed by atoms with van der Waals surface area (Å²) in [6.07, 6.45) is 3.09. The summed E-state index contributed by atoms with van der Waals surface area (Å²) in [7, 11) is 0. The second-order valence-electron chi connectivity index (χ2n) is 4.80. The highest BCUT2D eigenvalue weighted by Crippen LogP contribution is 2.30. The molecule has 2 N–H and O–H groups in total. The van der Waals surface area contributed by atoms with Crippen LogP contribution in [0.2, 0.25) is 5.15 Å². The molecule has 3 saturated heterocycles. The van der Waals surface area contributed by atoms with Crippen LogP contribution < -0.4 is 10.2 Å². The number of rotatable bonds is 1. The van der Waals surface area contributed by atoms with Crippen LogP contribution in [0.4, 0.5) is 5.82 Å². The summed E-state index contributed by atoms with van der Waals surface area (Å²) in [5, 5.41) is 12.5. The van der Waals surface area contributed by atoms with Gasteiger partial charge < -0.3 is 10.2 Å². The van der Waals surface area contributed by atoms with Gasteiger partial charge in [-0.15, -0.1) is 0 Å². The van der Waals surface area contributed by atoms with E-state index in [9.17, 15) is 0 Å². The highest BCUT2D eigenvalue weighted by Gasteiger charge is 2.37. The van der Waals surface area contributed by atoms with Crippen LogP contribution in [0.15, 0.2) is 12.3 Å². The molecule has 5 nitrogen and oxygen atoms in total. The van der Waals surface area contributed by atoms with Crippen molar-refractivity contribution in [2.75, 3.05) is 18.0 Å². The number of hydrogen-bond donors (Lipinski definition) is 2. The van der Waals surface area contributed by atoms with Crippen molar-refractivity contribution in [2.24, 2.45) is 0 Å². The molecule has 2 unspecified atom stereocenters. The first-order valence-corrected chi connectivity index (χ1v) is 6.18. The number of fused-ring (bicyclic) bond motifs is 3. The molecular formula is C11H12ClN5. The molecule has 3 aliphatic heterocycles. The van der Waals surface area contributed by atoms with E-state index in [1.54, 1.807) is 6.20 Å². The fourth-order valence-corrected chi connectivity index (χ4v) is 2.96. The molecule has 0 aromatic carbocycles. The second-order valence-corrected chi connectivity index (χ2v) is 5.19. The van der Waals surface area contributed by atoms with E-state index in [-0.39, 0.29) is 0 Å². The number of aromatic amines is 1. The quantitative estimate of drug-likeness (QED) is 0.745. The van der Waals surface area contributed by atoms with Crippen molar-refractivity contribution in [3.8, 4) is 0 Å². The normalized spacial score (nSPS) is 27.2. The topological polar surface area (TPSA) is 56.8 Å². The third kappa shape index (κ3) is 1.42. The first kappa shape index (κ1) is 9.67. The number of hydrogen-bond acceptors (Lipinski definition) is 4. The predicted molar refractivity (Wildman–Crippen MR) is 66.4 cm³/mol. The summed E-state index contributed by atoms with van der Waals surface area (Å²) in [5.74, 6) is 1.00. The van der Waals surface area contributed by atoms with Crippen LogP contribution in [-0.4, -0.2) is 40.4 Å². The Morgan fingerprint density at radius 3 is 2.88 bits per heavy atom. The van der Waals surface area contributed by atoms with Crippen molar-refractivity contribution in [3.63, 3.8) is 0 Å². The molecule has 0 amide bonds. The number of pyridine rings is 1. The van der Waals surface area contributed by atoms with Gasteiger partial charge in [-0.05, 0) is 6.42 Å². The van der Waals surface area contributed by atoms with E-state index < -0.39 is 0 Å². The minimum Gasteiger partial charge on any atom is -0.351 e. The molecule has 5 rings (SSSR count). The summed E-state index contributed by atoms with van der Waals surface area (Å²) < 4.78 is 0. The van der Waals surface area contributed by atoms with Gasteiger partial charge in [-0.25, -0.2) is 4.98 Å². The third-order valence-corrected chi connectivity index (χ3v) is 3.82. The van der Waals surface area contributed by atoms with Crippen molar-refractivity contribution in [2.45, 2.75) is 18.5 Å². The fourth-order valence-electron chi connectivity index (χ4n) is 2.80. The molecule has 17 heavy (non-hydrogen) atoms. The Hall–Kier alpha value is -1.33. The number of halogens is 1. The molecule has 0 aliphatic carbocycles. The van der Waals surface area contributed by atoms with Crippen molar-refractivity contribution in [1.82, 2.24) is 20.5 Å². The maximum Gasteiger partial charge on any atom is 0.159 e. The number of piperazine rings is 1. The van der Waals surface area contributed by atoms with Crippen molar-refractivity contribution >= 4 is 28.3 Å². The van der Waals surface area contributed by atoms with Gasteiger partial charge in [-0.2, -0.15) is 5.10 Å². The van der Waals surface area contributed by atoms with Crippen molar-refractivity contribution < 1.29 is 0 Å². The van der Waals surface area contributed by atoms with Crippen LogP contribution in [0, 0.1) is 0 Å². The standard InChI is InChI=1S/C11H12ClN5/c12-10-2-9-8(3-13-10)11(16-15-9)17-4-6-1-7(5-17)14-6/h2-3,6-7,14H,1,4-5H2,(H,15,16). The number of anilines is 1. The average Bonchev–Trinajstić information content (AvgIpc) is 2.71. The van der Waals surface area contributed by atoms with E-state index >= 15 is 0 Å². The molecule has 2 atom stereocenters. The molecule has 3 fully saturated rings. The van der Waals surface area contributed by atoms with E-state index in [1.165, 1.54) is 6.42 Å². The molecule has 2 aromatic rings. The lowest BCUT2D eigenvalue weighted by Gasteiger charge is -2.48. The number of nitrogens with one attached hydrogen (secondary N) is 2. The van der Waals surface area contributed by atoms with Crippen LogP contribution >= 0.6 is 11.6 Å². The average molecular weight is 250 g/mol. The zero-order chi connectivity index (χ0) is 11.4. The molecule has 3 aliphatic rings. The van der Waals surface area contributed by atoms with Gasteiger partial charge in [-0.3, -0.25) is 5.10 Å². The molecule has 88 valence electrons. The van der Waals surface area contributed by atoms with Gasteiger partial charge in [0.15, 0.2) is 5.82 Å². The van der Waals surface area contributed by atoms with Gasteiger partial charge in [0.2, 0.25) is 0 Å². The summed E-state index contributed by atoms with van der Waals surface area (Å²) in [6.45, 7) is 2.05. The smallest absolute Gasteiger partial charge is 0.159 e. The Balaban J connectivity index is 1.75. The minimum absolute atomic E-state index is 0.496. The van der Waals surface area contributed by atoms with Crippen molar-refractivity contribution in [1.29, 1.82) is 0 Å². The highest BCUT2D eigenvalue weighted by atomic mass is 35.5. The Morgan fingerprint density at radius 2 is 2.12 bits per heavy atom. The highest BCUT2D eigenvalue weighted by molar-refractivity contribution is 6.30. The first-order chi connectivity index (χ1) is 8.29. The molecule has 2 aromatic heterocycles. The lowest BCUT2D eigenvalue weighted by molar-refractivity contribution is 0.225. The lowest BCUT2D eigenvalue weighted by atomic mass is 9.91. The van der Waals surface area contributed by atoms with Gasteiger partial charge in [0.1, 0.15) is 5.15 Å². The van der Waals surface area contributed by atoms with Crippen LogP contribution in [0.25, 0.3) is 10.9 Å². The van der Waals surface area contributed by atoms with E-state index in [4.69, 9.17) is 11.6 Å². The summed E-state index contributed by atoms with van der Waals surface area (Å²) in [6, 6.07) is 3.07. The van der Waals surface area contributed by atoms with Crippen LogP contribution in [0.1, 0.15) is 6.42 Å². The first-order valence-electron chi connectivity index (χ1n) is 5.80. The molecular weight excluding hydrogens is 238 g/mol. The summed E-state index contributed by atoms with van der Waals surface area (Å²) >= 11 is 5.86. The Labute approximate surface area is 103 Å². The minimum atomic E-state index is 0.496. The number of nitrogens with zero attached hydrogens (tertiary/aromatic N) is 3. The van der Waals surface area contributed by atoms with E-state index in [1.807, 2.05) is 6.07 Å². The maximum atomic E-state index is 5.86. The molecule has 0 saturated carbocycles. The number of piperidine rings is 1. The van der Waals surface area contributed by atoms with Crippen molar-refractivity contribution in [3.05, 3.63) is 17.4 Å². The molecule has 0 spiro atoms. The van der Waals surface area contributed by atoms with Gasteiger partial charge in [0, 0.05) is 37.4 Å². The third-order valence-electron chi connectivity index (χ3n) is 3.62. The van der Waals surface area contributed by atoms with Crippen LogP contribution in [-0.2, 0) is 0 Å². The molecule has 6 heteroatoms. The number of aromatic nitrogens is 3. The van der Waals surface area contributed by atoms with Gasteiger partial charge >= 0.3 is 0 Å². The Bertz CT molecular complexity index is 564. The van der Waals surface area contributed by atoms with Gasteiger partial charge in [0.25, 0.3) is 0 Å². The predicted octanol–water partition coefficient (Wildman–Crippen LogP) is 1.16. The van der Waals surface area contributed by atoms with E-state index in [0.29, 0.717) is 17.2 Å². The second kappa shape index (κ2) is 3.34. The monoisotopic (exact) mass is 249 g/mol.